The van der Waals surface area contributed by atoms with E-state index in [1.165, 1.54) is 6.42 Å². The van der Waals surface area contributed by atoms with Crippen LogP contribution in [0, 0.1) is 11.3 Å². The van der Waals surface area contributed by atoms with E-state index >= 15 is 0 Å². The van der Waals surface area contributed by atoms with Gasteiger partial charge in [0.15, 0.2) is 0 Å². The standard InChI is InChI=1S/C16H29N3O3/c1-22-12-16(6-10-17-11-7-16)15(21)19-9-3-8-18-14(20)13-4-2-5-13/h13,17H,2-12H2,1H3,(H,18,20)(H,19,21). The zero-order chi connectivity index (χ0) is 15.8. The third-order valence-electron chi connectivity index (χ3n) is 4.88. The molecule has 0 atom stereocenters. The Morgan fingerprint density at radius 2 is 1.86 bits per heavy atom. The number of carbonyl (C=O) groups excluding carboxylic acids is 2. The summed E-state index contributed by atoms with van der Waals surface area (Å²) in [7, 11) is 1.65. The van der Waals surface area contributed by atoms with E-state index in [1.807, 2.05) is 0 Å². The first-order valence-electron chi connectivity index (χ1n) is 8.44. The van der Waals surface area contributed by atoms with Crippen LogP contribution in [-0.2, 0) is 14.3 Å². The van der Waals surface area contributed by atoms with Crippen molar-refractivity contribution >= 4 is 11.8 Å². The van der Waals surface area contributed by atoms with Crippen LogP contribution in [0.4, 0.5) is 0 Å². The van der Waals surface area contributed by atoms with Crippen LogP contribution in [0.25, 0.3) is 0 Å². The van der Waals surface area contributed by atoms with Gasteiger partial charge in [-0.2, -0.15) is 0 Å². The van der Waals surface area contributed by atoms with E-state index in [0.29, 0.717) is 19.7 Å². The molecule has 6 heteroatoms. The number of carbonyl (C=O) groups is 2. The first-order chi connectivity index (χ1) is 10.7. The van der Waals surface area contributed by atoms with E-state index < -0.39 is 5.41 Å². The minimum absolute atomic E-state index is 0.0844. The molecule has 1 saturated carbocycles. The van der Waals surface area contributed by atoms with Crippen molar-refractivity contribution < 1.29 is 14.3 Å². The molecule has 0 radical (unpaired) electrons. The summed E-state index contributed by atoms with van der Waals surface area (Å²) in [4.78, 5) is 24.1. The molecule has 2 rings (SSSR count). The minimum Gasteiger partial charge on any atom is -0.384 e. The van der Waals surface area contributed by atoms with E-state index in [4.69, 9.17) is 4.74 Å². The van der Waals surface area contributed by atoms with Gasteiger partial charge >= 0.3 is 0 Å². The molecule has 1 aliphatic heterocycles. The molecule has 126 valence electrons. The Morgan fingerprint density at radius 1 is 1.18 bits per heavy atom. The molecular weight excluding hydrogens is 282 g/mol. The number of hydrogen-bond donors (Lipinski definition) is 3. The molecule has 0 aromatic rings. The number of methoxy groups -OCH3 is 1. The predicted molar refractivity (Wildman–Crippen MR) is 84.4 cm³/mol. The largest absolute Gasteiger partial charge is 0.384 e. The van der Waals surface area contributed by atoms with Crippen molar-refractivity contribution in [3.63, 3.8) is 0 Å². The normalized spacial score (nSPS) is 21.0. The van der Waals surface area contributed by atoms with Gasteiger partial charge in [-0.05, 0) is 45.2 Å². The van der Waals surface area contributed by atoms with Gasteiger partial charge in [0.05, 0.1) is 12.0 Å². The fourth-order valence-electron chi connectivity index (χ4n) is 3.12. The van der Waals surface area contributed by atoms with Gasteiger partial charge in [0.2, 0.25) is 11.8 Å². The van der Waals surface area contributed by atoms with Crippen molar-refractivity contribution in [2.75, 3.05) is 39.9 Å². The van der Waals surface area contributed by atoms with E-state index in [2.05, 4.69) is 16.0 Å². The van der Waals surface area contributed by atoms with Gasteiger partial charge in [0.25, 0.3) is 0 Å². The summed E-state index contributed by atoms with van der Waals surface area (Å²) in [5.74, 6) is 0.488. The first-order valence-corrected chi connectivity index (χ1v) is 8.44. The Labute approximate surface area is 132 Å². The highest BCUT2D eigenvalue weighted by molar-refractivity contribution is 5.83. The minimum atomic E-state index is -0.394. The summed E-state index contributed by atoms with van der Waals surface area (Å²) in [5, 5.41) is 9.24. The number of rotatable bonds is 8. The lowest BCUT2D eigenvalue weighted by Crippen LogP contribution is -2.50. The number of ether oxygens (including phenoxy) is 1. The van der Waals surface area contributed by atoms with Gasteiger partial charge in [0.1, 0.15) is 0 Å². The predicted octanol–water partition coefficient (Wildman–Crippen LogP) is 0.425. The number of nitrogens with one attached hydrogen (secondary N) is 3. The Hall–Kier alpha value is -1.14. The van der Waals surface area contributed by atoms with Crippen LogP contribution >= 0.6 is 0 Å². The molecule has 0 unspecified atom stereocenters. The topological polar surface area (TPSA) is 79.5 Å². The van der Waals surface area contributed by atoms with Crippen LogP contribution in [0.2, 0.25) is 0 Å². The van der Waals surface area contributed by atoms with E-state index in [0.717, 1.165) is 45.2 Å². The average Bonchev–Trinajstić information content (AvgIpc) is 2.46. The van der Waals surface area contributed by atoms with Crippen molar-refractivity contribution in [1.82, 2.24) is 16.0 Å². The zero-order valence-electron chi connectivity index (χ0n) is 13.6. The second-order valence-electron chi connectivity index (χ2n) is 6.49. The zero-order valence-corrected chi connectivity index (χ0v) is 13.6. The Balaban J connectivity index is 1.64. The third kappa shape index (κ3) is 4.43. The molecule has 2 fully saturated rings. The highest BCUT2D eigenvalue weighted by atomic mass is 16.5. The quantitative estimate of drug-likeness (QED) is 0.568. The van der Waals surface area contributed by atoms with Crippen LogP contribution in [-0.4, -0.2) is 51.7 Å². The fraction of sp³-hybridized carbons (Fsp3) is 0.875. The first kappa shape index (κ1) is 17.2. The Morgan fingerprint density at radius 3 is 2.45 bits per heavy atom. The highest BCUT2D eigenvalue weighted by Gasteiger charge is 2.39. The number of piperidine rings is 1. The van der Waals surface area contributed by atoms with Crippen molar-refractivity contribution in [1.29, 1.82) is 0 Å². The van der Waals surface area contributed by atoms with Crippen LogP contribution in [0.5, 0.6) is 0 Å². The van der Waals surface area contributed by atoms with Gasteiger partial charge < -0.3 is 20.7 Å². The lowest BCUT2D eigenvalue weighted by molar-refractivity contribution is -0.136. The summed E-state index contributed by atoms with van der Waals surface area (Å²) >= 11 is 0. The monoisotopic (exact) mass is 311 g/mol. The molecule has 0 bridgehead atoms. The van der Waals surface area contributed by atoms with Crippen molar-refractivity contribution in [3.8, 4) is 0 Å². The maximum atomic E-state index is 12.5. The number of hydrogen-bond acceptors (Lipinski definition) is 4. The second kappa shape index (κ2) is 8.48. The smallest absolute Gasteiger partial charge is 0.228 e. The molecule has 1 heterocycles. The van der Waals surface area contributed by atoms with Crippen molar-refractivity contribution in [3.05, 3.63) is 0 Å². The van der Waals surface area contributed by atoms with E-state index in [9.17, 15) is 9.59 Å². The van der Waals surface area contributed by atoms with Crippen LogP contribution < -0.4 is 16.0 Å². The lowest BCUT2D eigenvalue weighted by Gasteiger charge is -2.35. The molecule has 6 nitrogen and oxygen atoms in total. The Kier molecular flexibility index (Phi) is 6.64. The lowest BCUT2D eigenvalue weighted by atomic mass is 9.78. The molecule has 2 amide bonds. The summed E-state index contributed by atoms with van der Waals surface area (Å²) in [6.07, 6.45) is 5.61. The summed E-state index contributed by atoms with van der Waals surface area (Å²) in [6, 6.07) is 0. The fourth-order valence-corrected chi connectivity index (χ4v) is 3.12. The average molecular weight is 311 g/mol. The molecule has 0 spiro atoms. The van der Waals surface area contributed by atoms with E-state index in [1.54, 1.807) is 7.11 Å². The summed E-state index contributed by atoms with van der Waals surface area (Å²) in [6.45, 7) is 3.42. The molecule has 2 aliphatic rings. The molecule has 0 aromatic carbocycles. The summed E-state index contributed by atoms with van der Waals surface area (Å²) < 4.78 is 5.26. The molecule has 22 heavy (non-hydrogen) atoms. The number of amides is 2. The molecule has 1 aliphatic carbocycles. The summed E-state index contributed by atoms with van der Waals surface area (Å²) in [5.41, 5.74) is -0.394. The second-order valence-corrected chi connectivity index (χ2v) is 6.49. The van der Waals surface area contributed by atoms with Gasteiger partial charge in [-0.1, -0.05) is 6.42 Å². The van der Waals surface area contributed by atoms with Gasteiger partial charge in [-0.15, -0.1) is 0 Å². The van der Waals surface area contributed by atoms with E-state index in [-0.39, 0.29) is 17.7 Å². The third-order valence-corrected chi connectivity index (χ3v) is 4.88. The SMILES string of the molecule is COCC1(C(=O)NCCCNC(=O)C2CCC2)CCNCC1. The maximum absolute atomic E-state index is 12.5. The molecule has 0 aromatic heterocycles. The maximum Gasteiger partial charge on any atom is 0.228 e. The van der Waals surface area contributed by atoms with Crippen LogP contribution in [0.15, 0.2) is 0 Å². The van der Waals surface area contributed by atoms with Gasteiger partial charge in [-0.3, -0.25) is 9.59 Å². The Bertz CT molecular complexity index is 371. The van der Waals surface area contributed by atoms with Gasteiger partial charge in [-0.25, -0.2) is 0 Å². The highest BCUT2D eigenvalue weighted by Crippen LogP contribution is 2.29. The van der Waals surface area contributed by atoms with Crippen LogP contribution in [0.3, 0.4) is 0 Å². The van der Waals surface area contributed by atoms with Crippen molar-refractivity contribution in [2.24, 2.45) is 11.3 Å². The molecule has 3 N–H and O–H groups in total. The molecule has 1 saturated heterocycles. The van der Waals surface area contributed by atoms with Crippen LogP contribution in [0.1, 0.15) is 38.5 Å². The van der Waals surface area contributed by atoms with Crippen molar-refractivity contribution in [2.45, 2.75) is 38.5 Å². The molecular formula is C16H29N3O3. The van der Waals surface area contributed by atoms with Gasteiger partial charge in [0, 0.05) is 26.1 Å².